The maximum absolute atomic E-state index is 11.8. The molecule has 1 aromatic carbocycles. The fraction of sp³-hybridized carbons (Fsp3) is 0.333. The number of hydrogen-bond donors (Lipinski definition) is 1. The number of nitrogens with zero attached hydrogens (tertiary/aromatic N) is 1. The lowest BCUT2D eigenvalue weighted by atomic mass is 10.1. The molecule has 0 bridgehead atoms. The maximum atomic E-state index is 11.8. The van der Waals surface area contributed by atoms with Gasteiger partial charge >= 0.3 is 5.63 Å². The van der Waals surface area contributed by atoms with Gasteiger partial charge in [0.25, 0.3) is 0 Å². The molecule has 2 aromatic rings. The Morgan fingerprint density at radius 3 is 2.57 bits per heavy atom. The molecule has 0 unspecified atom stereocenters. The van der Waals surface area contributed by atoms with Crippen molar-refractivity contribution in [1.29, 1.82) is 0 Å². The topological polar surface area (TPSA) is 73.5 Å². The molecular weight excluding hydrogens is 272 g/mol. The van der Waals surface area contributed by atoms with Crippen molar-refractivity contribution >= 4 is 5.91 Å². The first-order chi connectivity index (χ1) is 9.63. The van der Waals surface area contributed by atoms with Crippen molar-refractivity contribution in [1.82, 2.24) is 10.1 Å². The summed E-state index contributed by atoms with van der Waals surface area (Å²) in [7, 11) is 1.58. The first-order valence-corrected chi connectivity index (χ1v) is 6.26. The number of amides is 1. The smallest absolute Gasteiger partial charge is 0.365 e. The van der Waals surface area contributed by atoms with Gasteiger partial charge in [-0.2, -0.15) is 4.74 Å². The number of carbonyl (C=O) groups is 1. The molecule has 0 saturated carbocycles. The van der Waals surface area contributed by atoms with Gasteiger partial charge in [-0.3, -0.25) is 4.79 Å². The summed E-state index contributed by atoms with van der Waals surface area (Å²) in [4.78, 5) is 22.9. The Labute approximate surface area is 123 Å². The third-order valence-electron chi connectivity index (χ3n) is 2.85. The van der Waals surface area contributed by atoms with E-state index >= 15 is 0 Å². The van der Waals surface area contributed by atoms with Crippen LogP contribution in [0.4, 0.5) is 0 Å². The monoisotopic (exact) mass is 292 g/mol. The Morgan fingerprint density at radius 2 is 2.00 bits per heavy atom. The van der Waals surface area contributed by atoms with E-state index in [9.17, 15) is 9.59 Å². The molecule has 21 heavy (non-hydrogen) atoms. The number of aromatic nitrogens is 1. The summed E-state index contributed by atoms with van der Waals surface area (Å²) in [6.45, 7) is 1.89. The fourth-order valence-electron chi connectivity index (χ4n) is 1.71. The average molecular weight is 292 g/mol. The van der Waals surface area contributed by atoms with E-state index in [2.05, 4.69) is 5.32 Å². The van der Waals surface area contributed by atoms with Crippen LogP contribution in [0.5, 0.6) is 5.75 Å². The van der Waals surface area contributed by atoms with Gasteiger partial charge in [0.2, 0.25) is 5.91 Å². The predicted octanol–water partition coefficient (Wildman–Crippen LogP) is 2.24. The van der Waals surface area contributed by atoms with Gasteiger partial charge < -0.3 is 14.6 Å². The number of hydrogen-bond acceptors (Lipinski definition) is 4. The van der Waals surface area contributed by atoms with Crippen molar-refractivity contribution in [3.8, 4) is 16.9 Å². The van der Waals surface area contributed by atoms with Gasteiger partial charge in [0.1, 0.15) is 12.4 Å². The summed E-state index contributed by atoms with van der Waals surface area (Å²) in [5.74, 6) is 0.611. The van der Waals surface area contributed by atoms with Crippen molar-refractivity contribution < 1.29 is 14.1 Å². The molecule has 0 aliphatic rings. The van der Waals surface area contributed by atoms with E-state index < -0.39 is 5.63 Å². The van der Waals surface area contributed by atoms with Crippen LogP contribution in [0.25, 0.3) is 11.1 Å². The largest absolute Gasteiger partial charge is 0.497 e. The van der Waals surface area contributed by atoms with Crippen molar-refractivity contribution in [2.75, 3.05) is 7.11 Å². The Hall–Kier alpha value is -2.50. The molecule has 0 spiro atoms. The quantitative estimate of drug-likeness (QED) is 0.917. The average Bonchev–Trinajstić information content (AvgIpc) is 2.86. The lowest BCUT2D eigenvalue weighted by Gasteiger charge is -2.02. The molecule has 0 fully saturated rings. The Bertz CT molecular complexity index is 640. The zero-order valence-corrected chi connectivity index (χ0v) is 11.4. The third-order valence-corrected chi connectivity index (χ3v) is 2.85. The van der Waals surface area contributed by atoms with Crippen molar-refractivity contribution in [3.05, 3.63) is 40.9 Å². The number of ether oxygens (including phenoxy) is 1. The SMILES string of the molecule is C.CCC(=O)NCn1cc(-c2ccc(OC)cc2)c(=O)o1. The summed E-state index contributed by atoms with van der Waals surface area (Å²) < 4.78 is 11.4. The highest BCUT2D eigenvalue weighted by Crippen LogP contribution is 2.19. The summed E-state index contributed by atoms with van der Waals surface area (Å²) in [5, 5.41) is 2.63. The molecule has 0 aliphatic heterocycles. The van der Waals surface area contributed by atoms with E-state index in [4.69, 9.17) is 9.26 Å². The molecule has 1 heterocycles. The van der Waals surface area contributed by atoms with Crippen LogP contribution in [0.15, 0.2) is 39.8 Å². The van der Waals surface area contributed by atoms with Gasteiger partial charge in [0, 0.05) is 6.42 Å². The second kappa shape index (κ2) is 7.33. The van der Waals surface area contributed by atoms with Gasteiger partial charge in [-0.05, 0) is 17.7 Å². The summed E-state index contributed by atoms with van der Waals surface area (Å²) in [6, 6.07) is 7.09. The molecule has 6 nitrogen and oxygen atoms in total. The fourth-order valence-corrected chi connectivity index (χ4v) is 1.71. The standard InChI is InChI=1S/C14H16N2O4.CH4/c1-3-13(17)15-9-16-8-12(14(18)20-16)10-4-6-11(19-2)7-5-10;/h4-8H,3,9H2,1-2H3,(H,15,17);1H4. The van der Waals surface area contributed by atoms with Crippen molar-refractivity contribution in [3.63, 3.8) is 0 Å². The zero-order chi connectivity index (χ0) is 14.5. The Morgan fingerprint density at radius 1 is 1.33 bits per heavy atom. The minimum atomic E-state index is -0.444. The number of benzene rings is 1. The van der Waals surface area contributed by atoms with Gasteiger partial charge in [-0.25, -0.2) is 4.79 Å². The van der Waals surface area contributed by atoms with Crippen molar-refractivity contribution in [2.24, 2.45) is 0 Å². The van der Waals surface area contributed by atoms with Crippen LogP contribution in [-0.4, -0.2) is 17.8 Å². The van der Waals surface area contributed by atoms with E-state index in [-0.39, 0.29) is 20.0 Å². The second-order valence-electron chi connectivity index (χ2n) is 4.18. The first-order valence-electron chi connectivity index (χ1n) is 6.26. The van der Waals surface area contributed by atoms with Crippen LogP contribution in [0, 0.1) is 0 Å². The molecule has 1 aromatic heterocycles. The molecule has 114 valence electrons. The number of nitrogens with one attached hydrogen (secondary N) is 1. The predicted molar refractivity (Wildman–Crippen MR) is 80.1 cm³/mol. The van der Waals surface area contributed by atoms with Crippen LogP contribution in [0.2, 0.25) is 0 Å². The summed E-state index contributed by atoms with van der Waals surface area (Å²) in [6.07, 6.45) is 1.96. The first kappa shape index (κ1) is 16.6. The molecule has 6 heteroatoms. The Kier molecular flexibility index (Phi) is 5.78. The van der Waals surface area contributed by atoms with Crippen molar-refractivity contribution in [2.45, 2.75) is 27.4 Å². The van der Waals surface area contributed by atoms with E-state index in [1.54, 1.807) is 44.5 Å². The Balaban J connectivity index is 0.00000220. The minimum Gasteiger partial charge on any atom is -0.497 e. The van der Waals surface area contributed by atoms with E-state index in [1.165, 1.54) is 4.74 Å². The summed E-state index contributed by atoms with van der Waals surface area (Å²) >= 11 is 0. The van der Waals surface area contributed by atoms with Crippen LogP contribution in [-0.2, 0) is 11.5 Å². The van der Waals surface area contributed by atoms with E-state index in [0.29, 0.717) is 17.7 Å². The maximum Gasteiger partial charge on any atom is 0.365 e. The lowest BCUT2D eigenvalue weighted by molar-refractivity contribution is -0.121. The van der Waals surface area contributed by atoms with Crippen LogP contribution < -0.4 is 15.7 Å². The third kappa shape index (κ3) is 3.98. The van der Waals surface area contributed by atoms with Gasteiger partial charge in [0.15, 0.2) is 0 Å². The van der Waals surface area contributed by atoms with E-state index in [1.807, 2.05) is 0 Å². The normalized spacial score (nSPS) is 9.81. The van der Waals surface area contributed by atoms with Crippen LogP contribution in [0.3, 0.4) is 0 Å². The summed E-state index contributed by atoms with van der Waals surface area (Å²) in [5.41, 5.74) is 0.736. The van der Waals surface area contributed by atoms with Crippen LogP contribution in [0.1, 0.15) is 20.8 Å². The van der Waals surface area contributed by atoms with Gasteiger partial charge in [-0.15, -0.1) is 0 Å². The van der Waals surface area contributed by atoms with Gasteiger partial charge in [0.05, 0.1) is 18.9 Å². The number of rotatable bonds is 5. The van der Waals surface area contributed by atoms with Crippen LogP contribution >= 0.6 is 0 Å². The second-order valence-corrected chi connectivity index (χ2v) is 4.18. The van der Waals surface area contributed by atoms with E-state index in [0.717, 1.165) is 5.56 Å². The lowest BCUT2D eigenvalue weighted by Crippen LogP contribution is -2.24. The highest BCUT2D eigenvalue weighted by Gasteiger charge is 2.09. The number of carbonyl (C=O) groups excluding carboxylic acids is 1. The molecule has 1 N–H and O–H groups in total. The highest BCUT2D eigenvalue weighted by molar-refractivity contribution is 5.75. The number of methoxy groups -OCH3 is 1. The molecular formula is C15H20N2O4. The molecule has 2 rings (SSSR count). The zero-order valence-electron chi connectivity index (χ0n) is 11.4. The molecule has 0 radical (unpaired) electrons. The minimum absolute atomic E-state index is 0. The highest BCUT2D eigenvalue weighted by atomic mass is 16.5. The molecule has 1 amide bonds. The molecule has 0 atom stereocenters. The molecule has 0 aliphatic carbocycles. The molecule has 0 saturated heterocycles. The van der Waals surface area contributed by atoms with Gasteiger partial charge in [-0.1, -0.05) is 26.5 Å².